The van der Waals surface area contributed by atoms with Gasteiger partial charge in [-0.2, -0.15) is 0 Å². The molecule has 2 aromatic rings. The second-order valence-corrected chi connectivity index (χ2v) is 6.10. The Hall–Kier alpha value is -2.76. The molecule has 1 heterocycles. The average molecular weight is 358 g/mol. The van der Waals surface area contributed by atoms with Crippen molar-refractivity contribution < 1.29 is 19.1 Å². The van der Waals surface area contributed by atoms with Crippen LogP contribution in [-0.2, 0) is 11.2 Å². The van der Waals surface area contributed by atoms with Gasteiger partial charge in [0.05, 0.1) is 19.3 Å². The topological polar surface area (TPSA) is 80.4 Å². The highest BCUT2D eigenvalue weighted by Crippen LogP contribution is 2.20. The van der Waals surface area contributed by atoms with E-state index in [1.54, 1.807) is 6.92 Å². The van der Waals surface area contributed by atoms with Crippen LogP contribution in [0.1, 0.15) is 51.0 Å². The van der Waals surface area contributed by atoms with Crippen LogP contribution < -0.4 is 10.1 Å². The van der Waals surface area contributed by atoms with Crippen LogP contribution in [0.15, 0.2) is 24.3 Å². The van der Waals surface area contributed by atoms with Gasteiger partial charge in [0.15, 0.2) is 0 Å². The highest BCUT2D eigenvalue weighted by Gasteiger charge is 2.23. The number of aromatic amines is 1. The predicted octanol–water partition coefficient (Wildman–Crippen LogP) is 3.18. The van der Waals surface area contributed by atoms with E-state index in [9.17, 15) is 9.59 Å². The largest absolute Gasteiger partial charge is 0.494 e. The van der Waals surface area contributed by atoms with Crippen molar-refractivity contribution in [2.24, 2.45) is 0 Å². The molecular formula is C20H26N2O4. The van der Waals surface area contributed by atoms with Crippen molar-refractivity contribution in [2.75, 3.05) is 20.3 Å². The molecule has 140 valence electrons. The van der Waals surface area contributed by atoms with Crippen molar-refractivity contribution in [3.63, 3.8) is 0 Å². The molecule has 0 unspecified atom stereocenters. The second-order valence-electron chi connectivity index (χ2n) is 6.10. The summed E-state index contributed by atoms with van der Waals surface area (Å²) in [5.41, 5.74) is 3.32. The first-order valence-corrected chi connectivity index (χ1v) is 8.75. The van der Waals surface area contributed by atoms with Gasteiger partial charge in [-0.25, -0.2) is 4.79 Å². The molecule has 1 aromatic heterocycles. The van der Waals surface area contributed by atoms with E-state index < -0.39 is 5.97 Å². The molecule has 0 atom stereocenters. The quantitative estimate of drug-likeness (QED) is 0.561. The first-order valence-electron chi connectivity index (χ1n) is 8.75. The molecule has 0 spiro atoms. The van der Waals surface area contributed by atoms with Gasteiger partial charge in [0.2, 0.25) is 0 Å². The summed E-state index contributed by atoms with van der Waals surface area (Å²) in [7, 11) is 1.34. The maximum Gasteiger partial charge on any atom is 0.339 e. The fraction of sp³-hybridized carbons (Fsp3) is 0.400. The van der Waals surface area contributed by atoms with Gasteiger partial charge < -0.3 is 19.8 Å². The zero-order valence-corrected chi connectivity index (χ0v) is 15.8. The summed E-state index contributed by atoms with van der Waals surface area (Å²) in [6.07, 6.45) is 1.30. The van der Waals surface area contributed by atoms with Crippen LogP contribution >= 0.6 is 0 Å². The molecule has 0 aliphatic heterocycles. The summed E-state index contributed by atoms with van der Waals surface area (Å²) < 4.78 is 10.5. The molecule has 1 amide bonds. The normalized spacial score (nSPS) is 10.5. The number of hydrogen-bond acceptors (Lipinski definition) is 4. The second kappa shape index (κ2) is 9.08. The van der Waals surface area contributed by atoms with Gasteiger partial charge in [-0.1, -0.05) is 19.1 Å². The molecular weight excluding hydrogens is 332 g/mol. The van der Waals surface area contributed by atoms with E-state index in [0.29, 0.717) is 48.5 Å². The van der Waals surface area contributed by atoms with Crippen LogP contribution in [0, 0.1) is 13.8 Å². The molecule has 0 aliphatic carbocycles. The number of rotatable bonds is 8. The molecule has 2 rings (SSSR count). The molecule has 0 radical (unpaired) electrons. The van der Waals surface area contributed by atoms with Crippen LogP contribution in [0.3, 0.4) is 0 Å². The van der Waals surface area contributed by atoms with Crippen molar-refractivity contribution >= 4 is 11.9 Å². The fourth-order valence-electron chi connectivity index (χ4n) is 2.79. The lowest BCUT2D eigenvalue weighted by Gasteiger charge is -2.08. The standard InChI is InChI=1S/C20H26N2O4/c1-5-16-17(20(24)25-4)14(3)18(22-16)19(23)21-10-7-11-26-15-9-6-8-13(2)12-15/h6,8-9,12,22H,5,7,10-11H2,1-4H3,(H,21,23). The van der Waals surface area contributed by atoms with Crippen molar-refractivity contribution in [2.45, 2.75) is 33.6 Å². The van der Waals surface area contributed by atoms with Gasteiger partial charge in [0, 0.05) is 12.2 Å². The highest BCUT2D eigenvalue weighted by molar-refractivity contribution is 6.00. The summed E-state index contributed by atoms with van der Waals surface area (Å²) in [5, 5.41) is 2.86. The summed E-state index contributed by atoms with van der Waals surface area (Å²) >= 11 is 0. The Bertz CT molecular complexity index is 780. The van der Waals surface area contributed by atoms with E-state index in [4.69, 9.17) is 9.47 Å². The molecule has 1 aromatic carbocycles. The van der Waals surface area contributed by atoms with Crippen LogP contribution in [0.25, 0.3) is 0 Å². The Kier molecular flexibility index (Phi) is 6.83. The summed E-state index contributed by atoms with van der Waals surface area (Å²) in [6, 6.07) is 7.85. The number of aromatic nitrogens is 1. The zero-order chi connectivity index (χ0) is 19.1. The lowest BCUT2D eigenvalue weighted by molar-refractivity contribution is 0.0599. The third-order valence-electron chi connectivity index (χ3n) is 4.16. The smallest absolute Gasteiger partial charge is 0.339 e. The van der Waals surface area contributed by atoms with E-state index in [0.717, 1.165) is 11.3 Å². The number of amides is 1. The van der Waals surface area contributed by atoms with Crippen LogP contribution in [0.2, 0.25) is 0 Å². The van der Waals surface area contributed by atoms with E-state index in [1.807, 2.05) is 38.1 Å². The SMILES string of the molecule is CCc1[nH]c(C(=O)NCCCOc2cccc(C)c2)c(C)c1C(=O)OC. The van der Waals surface area contributed by atoms with E-state index >= 15 is 0 Å². The van der Waals surface area contributed by atoms with Gasteiger partial charge in [-0.3, -0.25) is 4.79 Å². The van der Waals surface area contributed by atoms with E-state index in [1.165, 1.54) is 7.11 Å². The minimum atomic E-state index is -0.429. The Morgan fingerprint density at radius 2 is 2.00 bits per heavy atom. The summed E-state index contributed by atoms with van der Waals surface area (Å²) in [4.78, 5) is 27.4. The molecule has 0 fully saturated rings. The summed E-state index contributed by atoms with van der Waals surface area (Å²) in [5.74, 6) is 0.163. The Morgan fingerprint density at radius 3 is 2.65 bits per heavy atom. The minimum Gasteiger partial charge on any atom is -0.494 e. The van der Waals surface area contributed by atoms with Gasteiger partial charge in [-0.15, -0.1) is 0 Å². The van der Waals surface area contributed by atoms with E-state index in [-0.39, 0.29) is 5.91 Å². The number of benzene rings is 1. The first kappa shape index (κ1) is 19.6. The van der Waals surface area contributed by atoms with Crippen LogP contribution in [-0.4, -0.2) is 37.1 Å². The molecule has 26 heavy (non-hydrogen) atoms. The van der Waals surface area contributed by atoms with Crippen molar-refractivity contribution in [3.05, 3.63) is 52.3 Å². The number of methoxy groups -OCH3 is 1. The average Bonchev–Trinajstić information content (AvgIpc) is 2.97. The Morgan fingerprint density at radius 1 is 1.23 bits per heavy atom. The Labute approximate surface area is 153 Å². The third-order valence-corrected chi connectivity index (χ3v) is 4.16. The minimum absolute atomic E-state index is 0.233. The molecule has 0 saturated carbocycles. The van der Waals surface area contributed by atoms with Crippen molar-refractivity contribution in [1.29, 1.82) is 0 Å². The number of H-pyrrole nitrogens is 1. The van der Waals surface area contributed by atoms with Crippen molar-refractivity contribution in [3.8, 4) is 5.75 Å². The number of carbonyl (C=O) groups excluding carboxylic acids is 2. The van der Waals surface area contributed by atoms with Gasteiger partial charge in [0.1, 0.15) is 11.4 Å². The number of hydrogen-bond donors (Lipinski definition) is 2. The summed E-state index contributed by atoms with van der Waals surface area (Å²) in [6.45, 7) is 6.68. The molecule has 6 heteroatoms. The lowest BCUT2D eigenvalue weighted by Crippen LogP contribution is -2.26. The van der Waals surface area contributed by atoms with Crippen molar-refractivity contribution in [1.82, 2.24) is 10.3 Å². The van der Waals surface area contributed by atoms with Gasteiger partial charge >= 0.3 is 5.97 Å². The van der Waals surface area contributed by atoms with Gasteiger partial charge in [-0.05, 0) is 49.9 Å². The number of ether oxygens (including phenoxy) is 2. The first-order chi connectivity index (χ1) is 12.5. The number of carbonyl (C=O) groups is 2. The molecule has 2 N–H and O–H groups in total. The molecule has 6 nitrogen and oxygen atoms in total. The van der Waals surface area contributed by atoms with Crippen LogP contribution in [0.4, 0.5) is 0 Å². The maximum atomic E-state index is 12.4. The van der Waals surface area contributed by atoms with E-state index in [2.05, 4.69) is 10.3 Å². The number of aryl methyl sites for hydroxylation is 2. The number of nitrogens with one attached hydrogen (secondary N) is 2. The van der Waals surface area contributed by atoms with Crippen LogP contribution in [0.5, 0.6) is 5.75 Å². The predicted molar refractivity (Wildman–Crippen MR) is 99.9 cm³/mol. The molecule has 0 saturated heterocycles. The highest BCUT2D eigenvalue weighted by atomic mass is 16.5. The Balaban J connectivity index is 1.88. The molecule has 0 aliphatic rings. The van der Waals surface area contributed by atoms with Gasteiger partial charge in [0.25, 0.3) is 5.91 Å². The maximum absolute atomic E-state index is 12.4. The fourth-order valence-corrected chi connectivity index (χ4v) is 2.79. The third kappa shape index (κ3) is 4.65. The molecule has 0 bridgehead atoms. The lowest BCUT2D eigenvalue weighted by atomic mass is 10.1. The zero-order valence-electron chi connectivity index (χ0n) is 15.8. The monoisotopic (exact) mass is 358 g/mol. The number of esters is 1.